The lowest BCUT2D eigenvalue weighted by Gasteiger charge is -2.06. The van der Waals surface area contributed by atoms with E-state index in [0.29, 0.717) is 25.7 Å². The third kappa shape index (κ3) is 9.83. The summed E-state index contributed by atoms with van der Waals surface area (Å²) in [4.78, 5) is 4.25. The van der Waals surface area contributed by atoms with E-state index in [1.54, 1.807) is 7.11 Å². The number of nitrogens with one attached hydrogen (secondary N) is 1. The fraction of sp³-hybridized carbons (Fsp3) is 0.562. The van der Waals surface area contributed by atoms with E-state index in [9.17, 15) is 0 Å². The number of nitrogens with two attached hydrogens (primary N) is 1. The molecule has 1 rings (SSSR count). The lowest BCUT2D eigenvalue weighted by Crippen LogP contribution is -2.32. The monoisotopic (exact) mass is 421 g/mol. The average Bonchev–Trinajstić information content (AvgIpc) is 2.51. The largest absolute Gasteiger partial charge is 0.497 e. The van der Waals surface area contributed by atoms with Crippen molar-refractivity contribution in [3.8, 4) is 5.75 Å². The van der Waals surface area contributed by atoms with Crippen LogP contribution in [0, 0.1) is 0 Å². The van der Waals surface area contributed by atoms with Crippen molar-refractivity contribution in [2.24, 2.45) is 10.7 Å². The zero-order valence-corrected chi connectivity index (χ0v) is 15.8. The Morgan fingerprint density at radius 3 is 2.59 bits per heavy atom. The highest BCUT2D eigenvalue weighted by atomic mass is 127. The van der Waals surface area contributed by atoms with Gasteiger partial charge in [-0.25, -0.2) is 0 Å². The molecule has 1 aromatic rings. The second-order valence-corrected chi connectivity index (χ2v) is 4.80. The number of hydrogen-bond acceptors (Lipinski definition) is 3. The number of ether oxygens (including phenoxy) is 2. The van der Waals surface area contributed by atoms with E-state index in [4.69, 9.17) is 15.2 Å². The Morgan fingerprint density at radius 1 is 1.23 bits per heavy atom. The van der Waals surface area contributed by atoms with E-state index in [0.717, 1.165) is 37.1 Å². The summed E-state index contributed by atoms with van der Waals surface area (Å²) in [6.45, 7) is 5.01. The second-order valence-electron chi connectivity index (χ2n) is 4.80. The van der Waals surface area contributed by atoms with Crippen molar-refractivity contribution in [2.75, 3.05) is 26.8 Å². The molecule has 0 fully saturated rings. The average molecular weight is 421 g/mol. The SMILES string of the molecule is CCCCNC(N)=NCCCOCc1ccc(OC)cc1.I. The molecule has 0 spiro atoms. The summed E-state index contributed by atoms with van der Waals surface area (Å²) in [5.41, 5.74) is 6.87. The first-order chi connectivity index (χ1) is 10.3. The highest BCUT2D eigenvalue weighted by Gasteiger charge is 1.95. The van der Waals surface area contributed by atoms with Crippen LogP contribution in [0.25, 0.3) is 0 Å². The fourth-order valence-corrected chi connectivity index (χ4v) is 1.73. The van der Waals surface area contributed by atoms with Crippen molar-refractivity contribution < 1.29 is 9.47 Å². The molecule has 0 aliphatic carbocycles. The predicted molar refractivity (Wildman–Crippen MR) is 102 cm³/mol. The zero-order chi connectivity index (χ0) is 15.3. The van der Waals surface area contributed by atoms with Gasteiger partial charge in [-0.1, -0.05) is 25.5 Å². The summed E-state index contributed by atoms with van der Waals surface area (Å²) in [7, 11) is 1.66. The van der Waals surface area contributed by atoms with Crippen LogP contribution in [0.4, 0.5) is 0 Å². The molecule has 0 unspecified atom stereocenters. The lowest BCUT2D eigenvalue weighted by atomic mass is 10.2. The van der Waals surface area contributed by atoms with Gasteiger partial charge in [0.25, 0.3) is 0 Å². The summed E-state index contributed by atoms with van der Waals surface area (Å²) in [5.74, 6) is 1.39. The number of methoxy groups -OCH3 is 1. The van der Waals surface area contributed by atoms with E-state index in [2.05, 4.69) is 17.2 Å². The number of guanidine groups is 1. The maximum atomic E-state index is 5.73. The second kappa shape index (κ2) is 13.6. The van der Waals surface area contributed by atoms with Crippen LogP contribution in [0.15, 0.2) is 29.3 Å². The Morgan fingerprint density at radius 2 is 1.95 bits per heavy atom. The molecule has 0 amide bonds. The molecule has 0 atom stereocenters. The Kier molecular flexibility index (Phi) is 13.0. The molecule has 0 bridgehead atoms. The van der Waals surface area contributed by atoms with Crippen LogP contribution in [0.5, 0.6) is 5.75 Å². The Hall–Kier alpha value is -1.02. The van der Waals surface area contributed by atoms with Crippen LogP contribution in [0.2, 0.25) is 0 Å². The van der Waals surface area contributed by atoms with Crippen molar-refractivity contribution in [1.29, 1.82) is 0 Å². The number of unbranched alkanes of at least 4 members (excludes halogenated alkanes) is 1. The predicted octanol–water partition coefficient (Wildman–Crippen LogP) is 2.92. The molecule has 0 heterocycles. The van der Waals surface area contributed by atoms with Crippen molar-refractivity contribution >= 4 is 29.9 Å². The number of rotatable bonds is 10. The van der Waals surface area contributed by atoms with Crippen LogP contribution in [-0.2, 0) is 11.3 Å². The summed E-state index contributed by atoms with van der Waals surface area (Å²) >= 11 is 0. The van der Waals surface area contributed by atoms with E-state index >= 15 is 0 Å². The topological polar surface area (TPSA) is 68.9 Å². The van der Waals surface area contributed by atoms with Crippen molar-refractivity contribution in [3.63, 3.8) is 0 Å². The summed E-state index contributed by atoms with van der Waals surface area (Å²) in [6.07, 6.45) is 3.13. The minimum Gasteiger partial charge on any atom is -0.497 e. The highest BCUT2D eigenvalue weighted by Crippen LogP contribution is 2.11. The Bertz CT molecular complexity index is 410. The van der Waals surface area contributed by atoms with Gasteiger partial charge >= 0.3 is 0 Å². The third-order valence-corrected chi connectivity index (χ3v) is 2.99. The summed E-state index contributed by atoms with van der Waals surface area (Å²) in [5, 5.41) is 3.09. The zero-order valence-electron chi connectivity index (χ0n) is 13.5. The third-order valence-electron chi connectivity index (χ3n) is 2.99. The maximum absolute atomic E-state index is 5.73. The van der Waals surface area contributed by atoms with Crippen molar-refractivity contribution in [2.45, 2.75) is 32.8 Å². The number of halogens is 1. The molecule has 126 valence electrons. The van der Waals surface area contributed by atoms with Crippen LogP contribution in [-0.4, -0.2) is 32.8 Å². The first kappa shape index (κ1) is 21.0. The Labute approximate surface area is 150 Å². The minimum atomic E-state index is 0. The summed E-state index contributed by atoms with van der Waals surface area (Å²) < 4.78 is 10.7. The van der Waals surface area contributed by atoms with Gasteiger partial charge in [-0.05, 0) is 30.5 Å². The summed E-state index contributed by atoms with van der Waals surface area (Å²) in [6, 6.07) is 7.89. The Balaban J connectivity index is 0.00000441. The van der Waals surface area contributed by atoms with Gasteiger partial charge < -0.3 is 20.5 Å². The number of hydrogen-bond donors (Lipinski definition) is 2. The van der Waals surface area contributed by atoms with E-state index in [1.165, 1.54) is 0 Å². The highest BCUT2D eigenvalue weighted by molar-refractivity contribution is 14.0. The van der Waals surface area contributed by atoms with Gasteiger partial charge in [0.1, 0.15) is 5.75 Å². The molecule has 0 aliphatic heterocycles. The van der Waals surface area contributed by atoms with Gasteiger partial charge in [-0.3, -0.25) is 4.99 Å². The van der Waals surface area contributed by atoms with Gasteiger partial charge in [0.05, 0.1) is 13.7 Å². The van der Waals surface area contributed by atoms with Gasteiger partial charge in [-0.15, -0.1) is 24.0 Å². The van der Waals surface area contributed by atoms with Crippen molar-refractivity contribution in [1.82, 2.24) is 5.32 Å². The van der Waals surface area contributed by atoms with E-state index in [-0.39, 0.29) is 24.0 Å². The first-order valence-corrected chi connectivity index (χ1v) is 7.50. The normalized spacial score (nSPS) is 10.9. The molecular formula is C16H28IN3O2. The quantitative estimate of drug-likeness (QED) is 0.264. The van der Waals surface area contributed by atoms with Crippen LogP contribution in [0.1, 0.15) is 31.7 Å². The van der Waals surface area contributed by atoms with Gasteiger partial charge in [0.15, 0.2) is 5.96 Å². The molecule has 0 saturated carbocycles. The van der Waals surface area contributed by atoms with Crippen LogP contribution in [0.3, 0.4) is 0 Å². The molecule has 0 aliphatic rings. The van der Waals surface area contributed by atoms with Gasteiger partial charge in [-0.2, -0.15) is 0 Å². The molecule has 0 radical (unpaired) electrons. The molecular weight excluding hydrogens is 393 g/mol. The molecule has 22 heavy (non-hydrogen) atoms. The molecule has 1 aromatic carbocycles. The molecule has 0 aromatic heterocycles. The lowest BCUT2D eigenvalue weighted by molar-refractivity contribution is 0.120. The van der Waals surface area contributed by atoms with Gasteiger partial charge in [0.2, 0.25) is 0 Å². The van der Waals surface area contributed by atoms with Crippen LogP contribution >= 0.6 is 24.0 Å². The molecule has 6 heteroatoms. The number of benzene rings is 1. The number of nitrogens with zero attached hydrogens (tertiary/aromatic N) is 1. The molecule has 0 saturated heterocycles. The van der Waals surface area contributed by atoms with Gasteiger partial charge in [0, 0.05) is 19.7 Å². The minimum absolute atomic E-state index is 0. The van der Waals surface area contributed by atoms with Crippen molar-refractivity contribution in [3.05, 3.63) is 29.8 Å². The maximum Gasteiger partial charge on any atom is 0.188 e. The first-order valence-electron chi connectivity index (χ1n) is 7.50. The molecule has 5 nitrogen and oxygen atoms in total. The van der Waals surface area contributed by atoms with Crippen LogP contribution < -0.4 is 15.8 Å². The number of aliphatic imine (C=N–C) groups is 1. The van der Waals surface area contributed by atoms with E-state index < -0.39 is 0 Å². The smallest absolute Gasteiger partial charge is 0.188 e. The standard InChI is InChI=1S/C16H27N3O2.HI/c1-3-4-10-18-16(17)19-11-5-12-21-13-14-6-8-15(20-2)9-7-14;/h6-9H,3-5,10-13H2,1-2H3,(H3,17,18,19);1H. The molecule has 3 N–H and O–H groups in total. The fourth-order valence-electron chi connectivity index (χ4n) is 1.73. The van der Waals surface area contributed by atoms with E-state index in [1.807, 2.05) is 24.3 Å².